The Kier molecular flexibility index (Phi) is 7.13. The lowest BCUT2D eigenvalue weighted by Gasteiger charge is -2.36. The summed E-state index contributed by atoms with van der Waals surface area (Å²) in [6.07, 6.45) is 0.704. The summed E-state index contributed by atoms with van der Waals surface area (Å²) >= 11 is 0. The number of halogens is 2. The number of anilines is 2. The van der Waals surface area contributed by atoms with Crippen molar-refractivity contribution in [3.05, 3.63) is 60.2 Å². The van der Waals surface area contributed by atoms with E-state index >= 15 is 0 Å². The normalized spacial score (nSPS) is 14.5. The molecule has 0 aromatic heterocycles. The van der Waals surface area contributed by atoms with Gasteiger partial charge in [-0.05, 0) is 49.4 Å². The molecule has 0 atom stereocenters. The maximum Gasteiger partial charge on any atom is 0.313 e. The molecule has 0 bridgehead atoms. The standard InChI is InChI=1S/C21H24F2N4O2/c22-16-6-8-17(9-7-16)25-21(29)20(28)24-10-3-11-26-12-14-27(15-13-26)19-5-2-1-4-18(19)23/h1-2,4-9H,3,10-15H2,(H,24,28)(H,25,29). The van der Waals surface area contributed by atoms with Gasteiger partial charge < -0.3 is 15.5 Å². The SMILES string of the molecule is O=C(NCCCN1CCN(c2ccccc2F)CC1)C(=O)Nc1ccc(F)cc1. The van der Waals surface area contributed by atoms with Crippen LogP contribution in [0.1, 0.15) is 6.42 Å². The fourth-order valence-corrected chi connectivity index (χ4v) is 3.23. The lowest BCUT2D eigenvalue weighted by atomic mass is 10.2. The third-order valence-corrected chi connectivity index (χ3v) is 4.81. The second kappa shape index (κ2) is 9.97. The number of carbonyl (C=O) groups excluding carboxylic acids is 2. The molecule has 0 saturated carbocycles. The van der Waals surface area contributed by atoms with Gasteiger partial charge in [0, 0.05) is 38.4 Å². The molecule has 2 aromatic rings. The van der Waals surface area contributed by atoms with E-state index in [1.165, 1.54) is 30.3 Å². The van der Waals surface area contributed by atoms with Gasteiger partial charge in [-0.3, -0.25) is 14.5 Å². The number of amides is 2. The molecule has 0 spiro atoms. The van der Waals surface area contributed by atoms with Crippen LogP contribution in [0.5, 0.6) is 0 Å². The number of nitrogens with one attached hydrogen (secondary N) is 2. The highest BCUT2D eigenvalue weighted by atomic mass is 19.1. The van der Waals surface area contributed by atoms with Gasteiger partial charge in [-0.2, -0.15) is 0 Å². The zero-order valence-corrected chi connectivity index (χ0v) is 16.0. The van der Waals surface area contributed by atoms with Crippen LogP contribution in [0.2, 0.25) is 0 Å². The molecule has 6 nitrogen and oxygen atoms in total. The topological polar surface area (TPSA) is 64.7 Å². The highest BCUT2D eigenvalue weighted by Gasteiger charge is 2.19. The van der Waals surface area contributed by atoms with Gasteiger partial charge in [0.15, 0.2) is 0 Å². The van der Waals surface area contributed by atoms with E-state index in [-0.39, 0.29) is 5.82 Å². The molecule has 1 aliphatic heterocycles. The van der Waals surface area contributed by atoms with Crippen molar-refractivity contribution in [2.24, 2.45) is 0 Å². The van der Waals surface area contributed by atoms with E-state index in [1.807, 2.05) is 11.0 Å². The third kappa shape index (κ3) is 5.99. The van der Waals surface area contributed by atoms with Crippen LogP contribution in [0.25, 0.3) is 0 Å². The molecule has 0 unspecified atom stereocenters. The molecule has 3 rings (SSSR count). The summed E-state index contributed by atoms with van der Waals surface area (Å²) in [6.45, 7) is 4.27. The second-order valence-corrected chi connectivity index (χ2v) is 6.85. The molecule has 154 valence electrons. The Morgan fingerprint density at radius 2 is 1.59 bits per heavy atom. The first-order valence-corrected chi connectivity index (χ1v) is 9.59. The van der Waals surface area contributed by atoms with E-state index in [4.69, 9.17) is 0 Å². The van der Waals surface area contributed by atoms with Crippen molar-refractivity contribution >= 4 is 23.2 Å². The van der Waals surface area contributed by atoms with Crippen LogP contribution in [-0.2, 0) is 9.59 Å². The van der Waals surface area contributed by atoms with E-state index in [9.17, 15) is 18.4 Å². The van der Waals surface area contributed by atoms with Crippen LogP contribution in [-0.4, -0.2) is 56.0 Å². The third-order valence-electron chi connectivity index (χ3n) is 4.81. The van der Waals surface area contributed by atoms with Crippen molar-refractivity contribution < 1.29 is 18.4 Å². The number of hydrogen-bond donors (Lipinski definition) is 2. The molecule has 8 heteroatoms. The number of nitrogens with zero attached hydrogens (tertiary/aromatic N) is 2. The smallest absolute Gasteiger partial charge is 0.313 e. The molecule has 1 aliphatic rings. The number of benzene rings is 2. The fraction of sp³-hybridized carbons (Fsp3) is 0.333. The molecule has 2 N–H and O–H groups in total. The number of carbonyl (C=O) groups is 2. The predicted molar refractivity (Wildman–Crippen MR) is 108 cm³/mol. The molecule has 0 radical (unpaired) electrons. The first-order chi connectivity index (χ1) is 14.0. The minimum absolute atomic E-state index is 0.206. The lowest BCUT2D eigenvalue weighted by Crippen LogP contribution is -2.47. The van der Waals surface area contributed by atoms with E-state index < -0.39 is 17.6 Å². The van der Waals surface area contributed by atoms with Crippen LogP contribution in [0.15, 0.2) is 48.5 Å². The highest BCUT2D eigenvalue weighted by Crippen LogP contribution is 2.20. The first-order valence-electron chi connectivity index (χ1n) is 9.59. The van der Waals surface area contributed by atoms with Crippen LogP contribution < -0.4 is 15.5 Å². The van der Waals surface area contributed by atoms with Gasteiger partial charge in [-0.1, -0.05) is 12.1 Å². The average molecular weight is 402 g/mol. The van der Waals surface area contributed by atoms with Gasteiger partial charge in [0.1, 0.15) is 11.6 Å². The van der Waals surface area contributed by atoms with Crippen molar-refractivity contribution in [2.75, 3.05) is 49.5 Å². The minimum Gasteiger partial charge on any atom is -0.367 e. The average Bonchev–Trinajstić information content (AvgIpc) is 2.73. The Bertz CT molecular complexity index is 837. The van der Waals surface area contributed by atoms with Gasteiger partial charge in [0.25, 0.3) is 0 Å². The zero-order chi connectivity index (χ0) is 20.6. The minimum atomic E-state index is -0.782. The monoisotopic (exact) mass is 402 g/mol. The van der Waals surface area contributed by atoms with Crippen LogP contribution in [0.3, 0.4) is 0 Å². The first kappa shape index (κ1) is 20.7. The van der Waals surface area contributed by atoms with Crippen LogP contribution in [0.4, 0.5) is 20.2 Å². The molecule has 2 amide bonds. The number of hydrogen-bond acceptors (Lipinski definition) is 4. The van der Waals surface area contributed by atoms with Crippen molar-refractivity contribution in [1.29, 1.82) is 0 Å². The summed E-state index contributed by atoms with van der Waals surface area (Å²) in [5.74, 6) is -2.13. The zero-order valence-electron chi connectivity index (χ0n) is 16.0. The molecule has 1 heterocycles. The molecular formula is C21H24F2N4O2. The van der Waals surface area contributed by atoms with E-state index in [0.29, 0.717) is 24.3 Å². The summed E-state index contributed by atoms with van der Waals surface area (Å²) in [4.78, 5) is 28.0. The molecule has 29 heavy (non-hydrogen) atoms. The highest BCUT2D eigenvalue weighted by molar-refractivity contribution is 6.39. The van der Waals surface area contributed by atoms with Crippen molar-refractivity contribution in [2.45, 2.75) is 6.42 Å². The summed E-state index contributed by atoms with van der Waals surface area (Å²) in [6, 6.07) is 12.0. The van der Waals surface area contributed by atoms with Crippen molar-refractivity contribution in [1.82, 2.24) is 10.2 Å². The summed E-state index contributed by atoms with van der Waals surface area (Å²) in [7, 11) is 0. The van der Waals surface area contributed by atoms with Gasteiger partial charge in [-0.25, -0.2) is 8.78 Å². The van der Waals surface area contributed by atoms with Gasteiger partial charge >= 0.3 is 11.8 Å². The Hall–Kier alpha value is -3.00. The Morgan fingerprint density at radius 3 is 2.28 bits per heavy atom. The van der Waals surface area contributed by atoms with Crippen LogP contribution >= 0.6 is 0 Å². The quantitative estimate of drug-likeness (QED) is 0.575. The lowest BCUT2D eigenvalue weighted by molar-refractivity contribution is -0.136. The van der Waals surface area contributed by atoms with E-state index in [2.05, 4.69) is 15.5 Å². The van der Waals surface area contributed by atoms with Crippen molar-refractivity contribution in [3.8, 4) is 0 Å². The number of rotatable bonds is 6. The second-order valence-electron chi connectivity index (χ2n) is 6.85. The van der Waals surface area contributed by atoms with Crippen molar-refractivity contribution in [3.63, 3.8) is 0 Å². The summed E-state index contributed by atoms with van der Waals surface area (Å²) in [5.41, 5.74) is 0.992. The summed E-state index contributed by atoms with van der Waals surface area (Å²) in [5, 5.41) is 5.00. The maximum absolute atomic E-state index is 13.9. The van der Waals surface area contributed by atoms with E-state index in [0.717, 1.165) is 32.7 Å². The molecular weight excluding hydrogens is 378 g/mol. The number of piperazine rings is 1. The van der Waals surface area contributed by atoms with Gasteiger partial charge in [-0.15, -0.1) is 0 Å². The Labute approximate surface area is 168 Å². The van der Waals surface area contributed by atoms with Gasteiger partial charge in [0.05, 0.1) is 5.69 Å². The largest absolute Gasteiger partial charge is 0.367 e. The van der Waals surface area contributed by atoms with Gasteiger partial charge in [0.2, 0.25) is 0 Å². The Balaban J connectivity index is 1.32. The maximum atomic E-state index is 13.9. The molecule has 1 fully saturated rings. The predicted octanol–water partition coefficient (Wildman–Crippen LogP) is 2.23. The molecule has 1 saturated heterocycles. The number of para-hydroxylation sites is 1. The fourth-order valence-electron chi connectivity index (χ4n) is 3.23. The Morgan fingerprint density at radius 1 is 0.897 bits per heavy atom. The van der Waals surface area contributed by atoms with Crippen LogP contribution in [0, 0.1) is 11.6 Å². The summed E-state index contributed by atoms with van der Waals surface area (Å²) < 4.78 is 26.7. The molecule has 2 aromatic carbocycles. The molecule has 0 aliphatic carbocycles. The van der Waals surface area contributed by atoms with E-state index in [1.54, 1.807) is 12.1 Å².